The van der Waals surface area contributed by atoms with Gasteiger partial charge in [0, 0.05) is 25.2 Å². The van der Waals surface area contributed by atoms with E-state index in [1.807, 2.05) is 0 Å². The van der Waals surface area contributed by atoms with E-state index in [0.29, 0.717) is 6.10 Å². The Morgan fingerprint density at radius 2 is 1.75 bits per heavy atom. The number of ether oxygens (including phenoxy) is 1. The Kier molecular flexibility index (Phi) is 5.75. The van der Waals surface area contributed by atoms with Crippen LogP contribution < -0.4 is 5.32 Å². The standard InChI is InChI=1S/C17H32N2O/c1-2-7-15(8-3-1)20-14-6-11-18-16-10-13-19-12-5-4-9-17(16)19/h15-18H,1-14H2. The van der Waals surface area contributed by atoms with Crippen LogP contribution in [0.15, 0.2) is 0 Å². The summed E-state index contributed by atoms with van der Waals surface area (Å²) in [5.74, 6) is 0. The molecule has 0 amide bonds. The molecule has 3 fully saturated rings. The van der Waals surface area contributed by atoms with Crippen molar-refractivity contribution < 1.29 is 4.74 Å². The van der Waals surface area contributed by atoms with Gasteiger partial charge in [-0.1, -0.05) is 25.7 Å². The zero-order valence-corrected chi connectivity index (χ0v) is 13.0. The first-order valence-corrected chi connectivity index (χ1v) is 9.02. The number of hydrogen-bond acceptors (Lipinski definition) is 3. The Labute approximate surface area is 124 Å². The van der Waals surface area contributed by atoms with E-state index in [-0.39, 0.29) is 0 Å². The molecule has 2 aliphatic heterocycles. The molecule has 3 heteroatoms. The summed E-state index contributed by atoms with van der Waals surface area (Å²) >= 11 is 0. The zero-order chi connectivity index (χ0) is 13.6. The molecule has 0 aromatic heterocycles. The fourth-order valence-corrected chi connectivity index (χ4v) is 4.33. The first-order chi connectivity index (χ1) is 9.93. The average Bonchev–Trinajstić information content (AvgIpc) is 2.91. The molecule has 1 aliphatic carbocycles. The maximum atomic E-state index is 6.00. The summed E-state index contributed by atoms with van der Waals surface area (Å²) < 4.78 is 6.00. The Bertz CT molecular complexity index is 278. The third kappa shape index (κ3) is 3.96. The Balaban J connectivity index is 1.26. The minimum Gasteiger partial charge on any atom is -0.378 e. The van der Waals surface area contributed by atoms with Crippen molar-refractivity contribution in [2.75, 3.05) is 26.2 Å². The summed E-state index contributed by atoms with van der Waals surface area (Å²) in [5, 5.41) is 3.80. The second kappa shape index (κ2) is 7.77. The molecule has 2 atom stereocenters. The van der Waals surface area contributed by atoms with Gasteiger partial charge < -0.3 is 10.1 Å². The highest BCUT2D eigenvalue weighted by Gasteiger charge is 2.34. The first kappa shape index (κ1) is 14.8. The molecule has 3 aliphatic rings. The topological polar surface area (TPSA) is 24.5 Å². The van der Waals surface area contributed by atoms with E-state index in [1.54, 1.807) is 0 Å². The monoisotopic (exact) mass is 280 g/mol. The van der Waals surface area contributed by atoms with E-state index < -0.39 is 0 Å². The van der Waals surface area contributed by atoms with E-state index in [4.69, 9.17) is 4.74 Å². The van der Waals surface area contributed by atoms with Crippen LogP contribution in [0.5, 0.6) is 0 Å². The van der Waals surface area contributed by atoms with Crippen LogP contribution in [0.3, 0.4) is 0 Å². The SMILES string of the molecule is C1CCC(OCCCNC2CCN3CCCCC23)CC1. The van der Waals surface area contributed by atoms with Crippen molar-refractivity contribution in [1.29, 1.82) is 0 Å². The van der Waals surface area contributed by atoms with Gasteiger partial charge in [0.15, 0.2) is 0 Å². The van der Waals surface area contributed by atoms with E-state index in [9.17, 15) is 0 Å². The molecular formula is C17H32N2O. The summed E-state index contributed by atoms with van der Waals surface area (Å²) in [7, 11) is 0. The highest BCUT2D eigenvalue weighted by atomic mass is 16.5. The number of nitrogens with zero attached hydrogens (tertiary/aromatic N) is 1. The second-order valence-corrected chi connectivity index (χ2v) is 6.93. The molecule has 20 heavy (non-hydrogen) atoms. The van der Waals surface area contributed by atoms with Crippen molar-refractivity contribution in [3.63, 3.8) is 0 Å². The Morgan fingerprint density at radius 1 is 0.900 bits per heavy atom. The summed E-state index contributed by atoms with van der Waals surface area (Å²) in [6.07, 6.45) is 14.1. The number of fused-ring (bicyclic) bond motifs is 1. The maximum Gasteiger partial charge on any atom is 0.0575 e. The van der Waals surface area contributed by atoms with Crippen LogP contribution in [0.2, 0.25) is 0 Å². The highest BCUT2D eigenvalue weighted by molar-refractivity contribution is 4.93. The van der Waals surface area contributed by atoms with E-state index >= 15 is 0 Å². The number of rotatable bonds is 6. The molecule has 2 unspecified atom stereocenters. The van der Waals surface area contributed by atoms with E-state index in [2.05, 4.69) is 10.2 Å². The molecule has 0 bridgehead atoms. The van der Waals surface area contributed by atoms with Gasteiger partial charge in [-0.3, -0.25) is 4.90 Å². The Morgan fingerprint density at radius 3 is 2.65 bits per heavy atom. The lowest BCUT2D eigenvalue weighted by molar-refractivity contribution is 0.0269. The van der Waals surface area contributed by atoms with Crippen LogP contribution in [0, 0.1) is 0 Å². The van der Waals surface area contributed by atoms with Gasteiger partial charge in [-0.15, -0.1) is 0 Å². The van der Waals surface area contributed by atoms with Crippen LogP contribution >= 0.6 is 0 Å². The first-order valence-electron chi connectivity index (χ1n) is 9.02. The highest BCUT2D eigenvalue weighted by Crippen LogP contribution is 2.27. The zero-order valence-electron chi connectivity index (χ0n) is 13.0. The van der Waals surface area contributed by atoms with Gasteiger partial charge in [0.2, 0.25) is 0 Å². The molecule has 0 radical (unpaired) electrons. The van der Waals surface area contributed by atoms with Crippen LogP contribution in [0.25, 0.3) is 0 Å². The largest absolute Gasteiger partial charge is 0.378 e. The molecule has 116 valence electrons. The molecule has 1 saturated carbocycles. The van der Waals surface area contributed by atoms with Crippen molar-refractivity contribution in [2.24, 2.45) is 0 Å². The fourth-order valence-electron chi connectivity index (χ4n) is 4.33. The third-order valence-electron chi connectivity index (χ3n) is 5.49. The smallest absolute Gasteiger partial charge is 0.0575 e. The Hall–Kier alpha value is -0.120. The van der Waals surface area contributed by atoms with Crippen molar-refractivity contribution >= 4 is 0 Å². The quantitative estimate of drug-likeness (QED) is 0.757. The predicted molar refractivity (Wildman–Crippen MR) is 83.1 cm³/mol. The summed E-state index contributed by atoms with van der Waals surface area (Å²) in [5.41, 5.74) is 0. The van der Waals surface area contributed by atoms with Crippen LogP contribution in [0.1, 0.15) is 64.2 Å². The molecule has 0 aromatic carbocycles. The van der Waals surface area contributed by atoms with Crippen molar-refractivity contribution in [2.45, 2.75) is 82.4 Å². The third-order valence-corrected chi connectivity index (χ3v) is 5.49. The molecular weight excluding hydrogens is 248 g/mol. The summed E-state index contributed by atoms with van der Waals surface area (Å²) in [6.45, 7) is 4.76. The van der Waals surface area contributed by atoms with Gasteiger partial charge in [-0.2, -0.15) is 0 Å². The summed E-state index contributed by atoms with van der Waals surface area (Å²) in [6, 6.07) is 1.59. The van der Waals surface area contributed by atoms with E-state index in [1.165, 1.54) is 77.3 Å². The fraction of sp³-hybridized carbons (Fsp3) is 1.00. The maximum absolute atomic E-state index is 6.00. The predicted octanol–water partition coefficient (Wildman–Crippen LogP) is 2.94. The van der Waals surface area contributed by atoms with Gasteiger partial charge in [-0.25, -0.2) is 0 Å². The molecule has 2 saturated heterocycles. The number of piperidine rings is 1. The molecule has 0 spiro atoms. The van der Waals surface area contributed by atoms with Gasteiger partial charge in [0.25, 0.3) is 0 Å². The normalized spacial score (nSPS) is 32.4. The summed E-state index contributed by atoms with van der Waals surface area (Å²) in [4.78, 5) is 2.71. The molecule has 0 aromatic rings. The van der Waals surface area contributed by atoms with Gasteiger partial charge >= 0.3 is 0 Å². The lowest BCUT2D eigenvalue weighted by atomic mass is 9.98. The van der Waals surface area contributed by atoms with Crippen LogP contribution in [0.4, 0.5) is 0 Å². The van der Waals surface area contributed by atoms with Crippen molar-refractivity contribution in [3.8, 4) is 0 Å². The molecule has 1 N–H and O–H groups in total. The number of hydrogen-bond donors (Lipinski definition) is 1. The van der Waals surface area contributed by atoms with Gasteiger partial charge in [0.05, 0.1) is 6.10 Å². The van der Waals surface area contributed by atoms with Crippen molar-refractivity contribution in [3.05, 3.63) is 0 Å². The molecule has 2 heterocycles. The number of nitrogens with one attached hydrogen (secondary N) is 1. The average molecular weight is 280 g/mol. The van der Waals surface area contributed by atoms with Crippen molar-refractivity contribution in [1.82, 2.24) is 10.2 Å². The lowest BCUT2D eigenvalue weighted by Gasteiger charge is -2.32. The lowest BCUT2D eigenvalue weighted by Crippen LogP contribution is -2.45. The van der Waals surface area contributed by atoms with Crippen LogP contribution in [-0.2, 0) is 4.74 Å². The molecule has 3 rings (SSSR count). The van der Waals surface area contributed by atoms with Crippen LogP contribution in [-0.4, -0.2) is 49.3 Å². The van der Waals surface area contributed by atoms with Gasteiger partial charge in [-0.05, 0) is 51.6 Å². The van der Waals surface area contributed by atoms with Gasteiger partial charge in [0.1, 0.15) is 0 Å². The minimum absolute atomic E-state index is 0.573. The minimum atomic E-state index is 0.573. The second-order valence-electron chi connectivity index (χ2n) is 6.93. The molecule has 3 nitrogen and oxygen atoms in total. The van der Waals surface area contributed by atoms with E-state index in [0.717, 1.165) is 25.2 Å².